The lowest BCUT2D eigenvalue weighted by atomic mass is 9.85. The fourth-order valence-corrected chi connectivity index (χ4v) is 7.70. The molecule has 1 N–H and O–H groups in total. The second-order valence-electron chi connectivity index (χ2n) is 8.15. The number of rotatable bonds is 4. The highest BCUT2D eigenvalue weighted by Crippen LogP contribution is 2.53. The van der Waals surface area contributed by atoms with Crippen LogP contribution in [0, 0.1) is 23.7 Å². The molecule has 4 amide bonds. The number of amides is 4. The van der Waals surface area contributed by atoms with Crippen LogP contribution in [0.15, 0.2) is 25.6 Å². The first-order chi connectivity index (χ1) is 15.5. The van der Waals surface area contributed by atoms with E-state index in [0.29, 0.717) is 9.54 Å². The van der Waals surface area contributed by atoms with Crippen LogP contribution in [0.2, 0.25) is 0 Å². The molecule has 0 aromatic heterocycles. The summed E-state index contributed by atoms with van der Waals surface area (Å²) in [5.74, 6) is -3.96. The van der Waals surface area contributed by atoms with E-state index in [1.54, 1.807) is 0 Å². The molecule has 0 spiro atoms. The number of anilines is 2. The van der Waals surface area contributed by atoms with Gasteiger partial charge in [-0.2, -0.15) is 0 Å². The number of benzene rings is 1. The van der Waals surface area contributed by atoms with Crippen LogP contribution in [0.1, 0.15) is 30.6 Å². The van der Waals surface area contributed by atoms with Gasteiger partial charge in [0.25, 0.3) is 11.8 Å². The highest BCUT2D eigenvalue weighted by atomic mass is 79.9. The van der Waals surface area contributed by atoms with E-state index >= 15 is 0 Å². The normalized spacial score (nSPS) is 24.8. The van der Waals surface area contributed by atoms with Crippen molar-refractivity contribution in [2.45, 2.75) is 20.3 Å². The Morgan fingerprint density at radius 2 is 1.55 bits per heavy atom. The number of nitrogens with one attached hydrogen (secondary N) is 1. The molecule has 9 nitrogen and oxygen atoms in total. The van der Waals surface area contributed by atoms with E-state index in [9.17, 15) is 24.0 Å². The third kappa shape index (κ3) is 3.75. The molecule has 1 aliphatic heterocycles. The molecule has 33 heavy (non-hydrogen) atoms. The van der Waals surface area contributed by atoms with Crippen LogP contribution in [-0.2, 0) is 24.0 Å². The van der Waals surface area contributed by atoms with Gasteiger partial charge < -0.3 is 15.1 Å². The van der Waals surface area contributed by atoms with Crippen molar-refractivity contribution in [1.29, 1.82) is 0 Å². The third-order valence-electron chi connectivity index (χ3n) is 6.21. The summed E-state index contributed by atoms with van der Waals surface area (Å²) >= 11 is 10.0. The second kappa shape index (κ2) is 8.62. The van der Waals surface area contributed by atoms with Gasteiger partial charge in [-0.15, -0.1) is 5.06 Å². The quantitative estimate of drug-likeness (QED) is 0.393. The zero-order chi connectivity index (χ0) is 24.4. The number of carbonyl (C=O) groups excluding carboxylic acids is 5. The van der Waals surface area contributed by atoms with Crippen molar-refractivity contribution in [2.24, 2.45) is 23.7 Å². The number of hydrogen-bond donors (Lipinski definition) is 1. The Balaban J connectivity index is 1.74. The standard InChI is InChI=1S/C21H18Br3N3O6/c1-7(28)25-17-14(22)13(15(23)18(16(17)24)26(3)8(2)29)21(32)33-27-19(30)11-9-4-5-10(6-9)12(11)20(27)31/h4-5,9-12H,6H2,1-3H3,(H,25,28). The minimum Gasteiger partial charge on any atom is -0.325 e. The maximum absolute atomic E-state index is 13.3. The van der Waals surface area contributed by atoms with Crippen LogP contribution in [-0.4, -0.2) is 41.7 Å². The molecule has 12 heteroatoms. The predicted molar refractivity (Wildman–Crippen MR) is 128 cm³/mol. The van der Waals surface area contributed by atoms with Gasteiger partial charge in [0.15, 0.2) is 0 Å². The topological polar surface area (TPSA) is 113 Å². The monoisotopic (exact) mass is 645 g/mol. The molecule has 2 aliphatic carbocycles. The highest BCUT2D eigenvalue weighted by Gasteiger charge is 2.61. The van der Waals surface area contributed by atoms with Crippen molar-refractivity contribution in [2.75, 3.05) is 17.3 Å². The molecule has 4 rings (SSSR count). The summed E-state index contributed by atoms with van der Waals surface area (Å²) in [4.78, 5) is 69.5. The zero-order valence-electron chi connectivity index (χ0n) is 17.6. The largest absolute Gasteiger partial charge is 0.366 e. The fraction of sp³-hybridized carbons (Fsp3) is 0.381. The summed E-state index contributed by atoms with van der Waals surface area (Å²) in [6.07, 6.45) is 4.63. The maximum Gasteiger partial charge on any atom is 0.366 e. The number of imide groups is 1. The highest BCUT2D eigenvalue weighted by molar-refractivity contribution is 9.12. The van der Waals surface area contributed by atoms with E-state index < -0.39 is 35.5 Å². The molecule has 4 unspecified atom stereocenters. The van der Waals surface area contributed by atoms with Crippen LogP contribution in [0.3, 0.4) is 0 Å². The van der Waals surface area contributed by atoms with Crippen molar-refractivity contribution >= 4 is 88.8 Å². The van der Waals surface area contributed by atoms with Gasteiger partial charge in [-0.1, -0.05) is 12.2 Å². The van der Waals surface area contributed by atoms with Crippen molar-refractivity contribution in [1.82, 2.24) is 5.06 Å². The van der Waals surface area contributed by atoms with Crippen molar-refractivity contribution < 1.29 is 28.8 Å². The lowest BCUT2D eigenvalue weighted by molar-refractivity contribution is -0.175. The van der Waals surface area contributed by atoms with Gasteiger partial charge in [-0.3, -0.25) is 19.2 Å². The van der Waals surface area contributed by atoms with Crippen LogP contribution >= 0.6 is 47.8 Å². The van der Waals surface area contributed by atoms with E-state index in [-0.39, 0.29) is 43.6 Å². The number of halogens is 3. The predicted octanol–water partition coefficient (Wildman–Crippen LogP) is 3.79. The third-order valence-corrected chi connectivity index (χ3v) is 8.55. The first-order valence-electron chi connectivity index (χ1n) is 9.96. The van der Waals surface area contributed by atoms with E-state index in [2.05, 4.69) is 53.1 Å². The first kappa shape index (κ1) is 24.1. The summed E-state index contributed by atoms with van der Waals surface area (Å²) in [6, 6.07) is 0. The van der Waals surface area contributed by atoms with Gasteiger partial charge in [-0.05, 0) is 66.0 Å². The number of nitrogens with zero attached hydrogens (tertiary/aromatic N) is 2. The van der Waals surface area contributed by atoms with Crippen LogP contribution in [0.4, 0.5) is 11.4 Å². The molecule has 2 fully saturated rings. The lowest BCUT2D eigenvalue weighted by Gasteiger charge is -2.24. The second-order valence-corrected chi connectivity index (χ2v) is 10.5. The SMILES string of the molecule is CC(=O)Nc1c(Br)c(C(=O)ON2C(=O)C3C4C=CC(C4)C3C2=O)c(Br)c(N(C)C(C)=O)c1Br. The van der Waals surface area contributed by atoms with E-state index in [4.69, 9.17) is 4.84 Å². The molecule has 1 heterocycles. The average molecular weight is 648 g/mol. The molecule has 1 aromatic rings. The smallest absolute Gasteiger partial charge is 0.325 e. The molecule has 0 radical (unpaired) electrons. The van der Waals surface area contributed by atoms with Crippen molar-refractivity contribution in [3.63, 3.8) is 0 Å². The molecule has 1 aromatic carbocycles. The fourth-order valence-electron chi connectivity index (χ4n) is 4.66. The van der Waals surface area contributed by atoms with Crippen LogP contribution in [0.5, 0.6) is 0 Å². The number of allylic oxidation sites excluding steroid dienone is 2. The van der Waals surface area contributed by atoms with Gasteiger partial charge in [0, 0.05) is 20.9 Å². The molecule has 2 bridgehead atoms. The molecular formula is C21H18Br3N3O6. The Morgan fingerprint density at radius 1 is 1.00 bits per heavy atom. The number of carbonyl (C=O) groups is 5. The van der Waals surface area contributed by atoms with Gasteiger partial charge in [0.1, 0.15) is 0 Å². The van der Waals surface area contributed by atoms with Gasteiger partial charge in [0.05, 0.1) is 42.2 Å². The number of hydroxylamine groups is 2. The average Bonchev–Trinajstić information content (AvgIpc) is 3.41. The van der Waals surface area contributed by atoms with E-state index in [1.807, 2.05) is 12.2 Å². The van der Waals surface area contributed by atoms with Crippen LogP contribution in [0.25, 0.3) is 0 Å². The van der Waals surface area contributed by atoms with Crippen molar-refractivity contribution in [3.05, 3.63) is 31.1 Å². The molecular weight excluding hydrogens is 630 g/mol. The van der Waals surface area contributed by atoms with Gasteiger partial charge in [0.2, 0.25) is 11.8 Å². The molecule has 1 saturated heterocycles. The molecule has 4 atom stereocenters. The Labute approximate surface area is 214 Å². The van der Waals surface area contributed by atoms with E-state index in [0.717, 1.165) is 6.42 Å². The minimum atomic E-state index is -1.01. The van der Waals surface area contributed by atoms with Gasteiger partial charge in [-0.25, -0.2) is 4.79 Å². The van der Waals surface area contributed by atoms with Gasteiger partial charge >= 0.3 is 5.97 Å². The number of fused-ring (bicyclic) bond motifs is 5. The Kier molecular flexibility index (Phi) is 6.29. The molecule has 3 aliphatic rings. The number of hydrogen-bond acceptors (Lipinski definition) is 6. The summed E-state index contributed by atoms with van der Waals surface area (Å²) in [6.45, 7) is 2.62. The Bertz CT molecular complexity index is 1140. The van der Waals surface area contributed by atoms with E-state index in [1.165, 1.54) is 25.8 Å². The van der Waals surface area contributed by atoms with Crippen molar-refractivity contribution in [3.8, 4) is 0 Å². The minimum absolute atomic E-state index is 0.0338. The summed E-state index contributed by atoms with van der Waals surface area (Å²) in [7, 11) is 1.49. The lowest BCUT2D eigenvalue weighted by Crippen LogP contribution is -2.35. The zero-order valence-corrected chi connectivity index (χ0v) is 22.4. The molecule has 1 saturated carbocycles. The Hall–Kier alpha value is -2.05. The summed E-state index contributed by atoms with van der Waals surface area (Å²) in [5, 5.41) is 3.16. The summed E-state index contributed by atoms with van der Waals surface area (Å²) < 4.78 is 0.637. The first-order valence-corrected chi connectivity index (χ1v) is 12.3. The maximum atomic E-state index is 13.3. The summed E-state index contributed by atoms with van der Waals surface area (Å²) in [5.41, 5.74) is 0.322. The molecule has 174 valence electrons. The van der Waals surface area contributed by atoms with Crippen LogP contribution < -0.4 is 10.2 Å². The Morgan fingerprint density at radius 3 is 2.03 bits per heavy atom.